The Morgan fingerprint density at radius 3 is 3.11 bits per heavy atom. The molecule has 0 aliphatic carbocycles. The van der Waals surface area contributed by atoms with Crippen LogP contribution in [0.25, 0.3) is 0 Å². The molecule has 3 rings (SSSR count). The van der Waals surface area contributed by atoms with Gasteiger partial charge in [-0.25, -0.2) is 0 Å². The van der Waals surface area contributed by atoms with Gasteiger partial charge in [0.05, 0.1) is 0 Å². The number of rotatable bonds is 5. The van der Waals surface area contributed by atoms with Gasteiger partial charge in [0, 0.05) is 29.9 Å². The SMILES string of the molecule is c1ccc2c(c1)CC(CNCCC1CCOC1)S2. The van der Waals surface area contributed by atoms with E-state index in [0.29, 0.717) is 0 Å². The zero-order chi connectivity index (χ0) is 12.2. The van der Waals surface area contributed by atoms with Crippen LogP contribution in [0.3, 0.4) is 0 Å². The molecule has 98 valence electrons. The highest BCUT2D eigenvalue weighted by Crippen LogP contribution is 2.36. The molecule has 1 N–H and O–H groups in total. The fourth-order valence-corrected chi connectivity index (χ4v) is 4.03. The molecule has 0 saturated carbocycles. The maximum atomic E-state index is 5.40. The molecule has 2 unspecified atom stereocenters. The second-order valence-electron chi connectivity index (χ2n) is 5.27. The van der Waals surface area contributed by atoms with Crippen molar-refractivity contribution in [2.45, 2.75) is 29.4 Å². The average molecular weight is 263 g/mol. The summed E-state index contributed by atoms with van der Waals surface area (Å²) in [5.41, 5.74) is 1.53. The molecular weight excluding hydrogens is 242 g/mol. The predicted octanol–water partition coefficient (Wildman–Crippen LogP) is 2.72. The number of ether oxygens (including phenoxy) is 1. The summed E-state index contributed by atoms with van der Waals surface area (Å²) >= 11 is 2.03. The zero-order valence-electron chi connectivity index (χ0n) is 10.7. The lowest BCUT2D eigenvalue weighted by atomic mass is 10.1. The highest BCUT2D eigenvalue weighted by Gasteiger charge is 2.21. The van der Waals surface area contributed by atoms with Crippen molar-refractivity contribution < 1.29 is 4.74 Å². The van der Waals surface area contributed by atoms with Crippen LogP contribution >= 0.6 is 11.8 Å². The standard InChI is InChI=1S/C15H21NOS/c1-2-4-15-13(3-1)9-14(18-15)10-16-7-5-12-6-8-17-11-12/h1-4,12,14,16H,5-11H2. The highest BCUT2D eigenvalue weighted by molar-refractivity contribution is 8.00. The lowest BCUT2D eigenvalue weighted by Gasteiger charge is -2.12. The Morgan fingerprint density at radius 2 is 2.28 bits per heavy atom. The van der Waals surface area contributed by atoms with Gasteiger partial charge in [0.15, 0.2) is 0 Å². The van der Waals surface area contributed by atoms with E-state index in [4.69, 9.17) is 4.74 Å². The van der Waals surface area contributed by atoms with Crippen molar-refractivity contribution in [3.63, 3.8) is 0 Å². The first kappa shape index (κ1) is 12.5. The van der Waals surface area contributed by atoms with Crippen LogP contribution in [0.5, 0.6) is 0 Å². The zero-order valence-corrected chi connectivity index (χ0v) is 11.5. The van der Waals surface area contributed by atoms with E-state index in [1.54, 1.807) is 0 Å². The Kier molecular flexibility index (Phi) is 4.24. The third kappa shape index (κ3) is 3.08. The molecule has 0 radical (unpaired) electrons. The van der Waals surface area contributed by atoms with Crippen molar-refractivity contribution in [2.24, 2.45) is 5.92 Å². The van der Waals surface area contributed by atoms with E-state index >= 15 is 0 Å². The second-order valence-corrected chi connectivity index (χ2v) is 6.62. The first-order chi connectivity index (χ1) is 8.92. The lowest BCUT2D eigenvalue weighted by Crippen LogP contribution is -2.26. The van der Waals surface area contributed by atoms with Crippen molar-refractivity contribution in [3.05, 3.63) is 29.8 Å². The summed E-state index contributed by atoms with van der Waals surface area (Å²) in [7, 11) is 0. The van der Waals surface area contributed by atoms with Crippen molar-refractivity contribution in [3.8, 4) is 0 Å². The minimum absolute atomic E-state index is 0.724. The first-order valence-electron chi connectivity index (χ1n) is 6.95. The first-order valence-corrected chi connectivity index (χ1v) is 7.83. The van der Waals surface area contributed by atoms with Gasteiger partial charge in [-0.3, -0.25) is 0 Å². The van der Waals surface area contributed by atoms with Crippen LogP contribution < -0.4 is 5.32 Å². The quantitative estimate of drug-likeness (QED) is 0.825. The minimum Gasteiger partial charge on any atom is -0.381 e. The van der Waals surface area contributed by atoms with E-state index in [9.17, 15) is 0 Å². The van der Waals surface area contributed by atoms with E-state index in [1.807, 2.05) is 11.8 Å². The molecule has 2 atom stereocenters. The summed E-state index contributed by atoms with van der Waals surface area (Å²) < 4.78 is 5.40. The van der Waals surface area contributed by atoms with Gasteiger partial charge in [0.25, 0.3) is 0 Å². The molecule has 3 heteroatoms. The van der Waals surface area contributed by atoms with E-state index in [1.165, 1.54) is 29.7 Å². The molecule has 2 aliphatic rings. The maximum absolute atomic E-state index is 5.40. The van der Waals surface area contributed by atoms with Crippen LogP contribution in [-0.2, 0) is 11.2 Å². The summed E-state index contributed by atoms with van der Waals surface area (Å²) in [6, 6.07) is 8.80. The Bertz CT molecular complexity index is 365. The number of thioether (sulfide) groups is 1. The van der Waals surface area contributed by atoms with Crippen LogP contribution in [0.1, 0.15) is 18.4 Å². The molecule has 0 bridgehead atoms. The summed E-state index contributed by atoms with van der Waals surface area (Å²) in [5.74, 6) is 0.797. The van der Waals surface area contributed by atoms with Gasteiger partial charge in [-0.1, -0.05) is 18.2 Å². The van der Waals surface area contributed by atoms with Crippen molar-refractivity contribution in [2.75, 3.05) is 26.3 Å². The summed E-state index contributed by atoms with van der Waals surface area (Å²) in [5, 5.41) is 4.34. The summed E-state index contributed by atoms with van der Waals surface area (Å²) in [4.78, 5) is 1.48. The molecule has 0 spiro atoms. The monoisotopic (exact) mass is 263 g/mol. The van der Waals surface area contributed by atoms with E-state index in [-0.39, 0.29) is 0 Å². The number of hydrogen-bond donors (Lipinski definition) is 1. The second kappa shape index (κ2) is 6.09. The lowest BCUT2D eigenvalue weighted by molar-refractivity contribution is 0.184. The van der Waals surface area contributed by atoms with Gasteiger partial charge in [0.2, 0.25) is 0 Å². The molecule has 2 heterocycles. The van der Waals surface area contributed by atoms with Gasteiger partial charge < -0.3 is 10.1 Å². The Morgan fingerprint density at radius 1 is 1.33 bits per heavy atom. The molecule has 1 fully saturated rings. The third-order valence-electron chi connectivity index (χ3n) is 3.84. The summed E-state index contributed by atoms with van der Waals surface area (Å²) in [6.07, 6.45) is 3.75. The molecular formula is C15H21NOS. The van der Waals surface area contributed by atoms with Gasteiger partial charge in [-0.15, -0.1) is 11.8 Å². The number of hydrogen-bond acceptors (Lipinski definition) is 3. The average Bonchev–Trinajstić information content (AvgIpc) is 3.03. The van der Waals surface area contributed by atoms with Crippen molar-refractivity contribution >= 4 is 11.8 Å². The topological polar surface area (TPSA) is 21.3 Å². The van der Waals surface area contributed by atoms with E-state index in [2.05, 4.69) is 29.6 Å². The fourth-order valence-electron chi connectivity index (χ4n) is 2.75. The number of fused-ring (bicyclic) bond motifs is 1. The van der Waals surface area contributed by atoms with E-state index in [0.717, 1.165) is 37.5 Å². The Balaban J connectivity index is 1.35. The molecule has 1 aromatic rings. The normalized spacial score (nSPS) is 26.4. The highest BCUT2D eigenvalue weighted by atomic mass is 32.2. The van der Waals surface area contributed by atoms with Crippen LogP contribution in [0, 0.1) is 5.92 Å². The van der Waals surface area contributed by atoms with Crippen LogP contribution in [-0.4, -0.2) is 31.6 Å². The fraction of sp³-hybridized carbons (Fsp3) is 0.600. The summed E-state index contributed by atoms with van der Waals surface area (Å²) in [6.45, 7) is 4.22. The molecule has 1 saturated heterocycles. The molecule has 2 nitrogen and oxygen atoms in total. The van der Waals surface area contributed by atoms with Gasteiger partial charge in [-0.05, 0) is 43.4 Å². The number of benzene rings is 1. The van der Waals surface area contributed by atoms with Crippen molar-refractivity contribution in [1.29, 1.82) is 0 Å². The smallest absolute Gasteiger partial charge is 0.0495 e. The Hall–Kier alpha value is -0.510. The minimum atomic E-state index is 0.724. The largest absolute Gasteiger partial charge is 0.381 e. The van der Waals surface area contributed by atoms with Crippen molar-refractivity contribution in [1.82, 2.24) is 5.32 Å². The molecule has 2 aliphatic heterocycles. The van der Waals surface area contributed by atoms with E-state index < -0.39 is 0 Å². The molecule has 0 aromatic heterocycles. The third-order valence-corrected chi connectivity index (χ3v) is 5.16. The van der Waals surface area contributed by atoms with Gasteiger partial charge >= 0.3 is 0 Å². The number of nitrogens with one attached hydrogen (secondary N) is 1. The van der Waals surface area contributed by atoms with Crippen LogP contribution in [0.15, 0.2) is 29.2 Å². The van der Waals surface area contributed by atoms with Crippen LogP contribution in [0.4, 0.5) is 0 Å². The van der Waals surface area contributed by atoms with Gasteiger partial charge in [-0.2, -0.15) is 0 Å². The molecule has 1 aromatic carbocycles. The Labute approximate surface area is 113 Å². The maximum Gasteiger partial charge on any atom is 0.0495 e. The van der Waals surface area contributed by atoms with Gasteiger partial charge in [0.1, 0.15) is 0 Å². The predicted molar refractivity (Wildman–Crippen MR) is 76.2 cm³/mol. The van der Waals surface area contributed by atoms with Crippen LogP contribution in [0.2, 0.25) is 0 Å². The molecule has 18 heavy (non-hydrogen) atoms. The molecule has 0 amide bonds.